The second kappa shape index (κ2) is 6.94. The van der Waals surface area contributed by atoms with Gasteiger partial charge in [0.25, 0.3) is 5.91 Å². The Labute approximate surface area is 162 Å². The van der Waals surface area contributed by atoms with Crippen LogP contribution in [0.2, 0.25) is 0 Å². The third-order valence-corrected chi connectivity index (χ3v) is 6.32. The molecule has 0 saturated carbocycles. The molecule has 0 radical (unpaired) electrons. The Morgan fingerprint density at radius 3 is 2.67 bits per heavy atom. The molecule has 1 atom stereocenters. The largest absolute Gasteiger partial charge is 0.480 e. The van der Waals surface area contributed by atoms with Crippen molar-refractivity contribution in [3.8, 4) is 5.75 Å². The predicted molar refractivity (Wildman–Crippen MR) is 106 cm³/mol. The first-order valence-corrected chi connectivity index (χ1v) is 10.2. The monoisotopic (exact) mass is 379 g/mol. The molecule has 1 saturated heterocycles. The number of rotatable bonds is 3. The smallest absolute Gasteiger partial charge is 0.264 e. The quantitative estimate of drug-likeness (QED) is 0.702. The molecule has 1 aromatic heterocycles. The van der Waals surface area contributed by atoms with Crippen molar-refractivity contribution in [1.29, 1.82) is 0 Å². The molecule has 0 spiro atoms. The van der Waals surface area contributed by atoms with Crippen molar-refractivity contribution in [2.45, 2.75) is 19.1 Å². The number of amides is 1. The SMILES string of the molecule is O=C([C@H]1Cc2ccccc2O1)N1CCN(Cc2nc3ccccc3s2)CC1. The summed E-state index contributed by atoms with van der Waals surface area (Å²) in [5.74, 6) is 0.969. The highest BCUT2D eigenvalue weighted by Gasteiger charge is 2.33. The Hall–Kier alpha value is -2.44. The third kappa shape index (κ3) is 3.31. The summed E-state index contributed by atoms with van der Waals surface area (Å²) in [6.45, 7) is 4.11. The second-order valence-electron chi connectivity index (χ2n) is 7.10. The summed E-state index contributed by atoms with van der Waals surface area (Å²) in [7, 11) is 0. The second-order valence-corrected chi connectivity index (χ2v) is 8.21. The van der Waals surface area contributed by atoms with Crippen LogP contribution in [0, 0.1) is 0 Å². The van der Waals surface area contributed by atoms with Gasteiger partial charge in [-0.15, -0.1) is 11.3 Å². The van der Waals surface area contributed by atoms with E-state index in [1.54, 1.807) is 11.3 Å². The molecule has 3 heterocycles. The van der Waals surface area contributed by atoms with Gasteiger partial charge in [0.15, 0.2) is 6.10 Å². The van der Waals surface area contributed by atoms with Crippen molar-refractivity contribution in [3.63, 3.8) is 0 Å². The van der Waals surface area contributed by atoms with Crippen LogP contribution in [0.3, 0.4) is 0 Å². The topological polar surface area (TPSA) is 45.7 Å². The van der Waals surface area contributed by atoms with Gasteiger partial charge < -0.3 is 9.64 Å². The van der Waals surface area contributed by atoms with Crippen LogP contribution >= 0.6 is 11.3 Å². The minimum absolute atomic E-state index is 0.117. The van der Waals surface area contributed by atoms with E-state index in [0.717, 1.165) is 54.6 Å². The lowest BCUT2D eigenvalue weighted by molar-refractivity contribution is -0.139. The first kappa shape index (κ1) is 16.7. The summed E-state index contributed by atoms with van der Waals surface area (Å²) >= 11 is 1.76. The highest BCUT2D eigenvalue weighted by atomic mass is 32.1. The van der Waals surface area contributed by atoms with Crippen molar-refractivity contribution < 1.29 is 9.53 Å². The van der Waals surface area contributed by atoms with Crippen LogP contribution in [0.1, 0.15) is 10.6 Å². The Morgan fingerprint density at radius 2 is 1.85 bits per heavy atom. The molecule has 6 heteroatoms. The van der Waals surface area contributed by atoms with E-state index in [0.29, 0.717) is 6.42 Å². The normalized spacial score (nSPS) is 19.9. The van der Waals surface area contributed by atoms with Gasteiger partial charge in [-0.05, 0) is 23.8 Å². The first-order chi connectivity index (χ1) is 13.3. The molecule has 2 aromatic carbocycles. The third-order valence-electron chi connectivity index (χ3n) is 5.30. The van der Waals surface area contributed by atoms with Crippen molar-refractivity contribution >= 4 is 27.5 Å². The van der Waals surface area contributed by atoms with Gasteiger partial charge in [0.2, 0.25) is 0 Å². The zero-order valence-electron chi connectivity index (χ0n) is 15.0. The van der Waals surface area contributed by atoms with Crippen LogP contribution in [-0.2, 0) is 17.8 Å². The van der Waals surface area contributed by atoms with Crippen LogP contribution in [0.4, 0.5) is 0 Å². The number of hydrogen-bond acceptors (Lipinski definition) is 5. The van der Waals surface area contributed by atoms with Gasteiger partial charge in [-0.2, -0.15) is 0 Å². The number of thiazole rings is 1. The van der Waals surface area contributed by atoms with E-state index in [9.17, 15) is 4.79 Å². The molecule has 5 nitrogen and oxygen atoms in total. The van der Waals surface area contributed by atoms with E-state index in [2.05, 4.69) is 23.1 Å². The van der Waals surface area contributed by atoms with Crippen LogP contribution in [0.5, 0.6) is 5.75 Å². The van der Waals surface area contributed by atoms with Crippen molar-refractivity contribution in [3.05, 3.63) is 59.1 Å². The summed E-state index contributed by atoms with van der Waals surface area (Å²) in [6.07, 6.45) is 0.319. The number of para-hydroxylation sites is 2. The van der Waals surface area contributed by atoms with Gasteiger partial charge in [0, 0.05) is 32.6 Å². The fourth-order valence-corrected chi connectivity index (χ4v) is 4.84. The lowest BCUT2D eigenvalue weighted by Crippen LogP contribution is -2.51. The van der Waals surface area contributed by atoms with Gasteiger partial charge in [-0.1, -0.05) is 30.3 Å². The molecule has 27 heavy (non-hydrogen) atoms. The Bertz CT molecular complexity index is 920. The van der Waals surface area contributed by atoms with E-state index < -0.39 is 0 Å². The van der Waals surface area contributed by atoms with E-state index in [1.165, 1.54) is 4.70 Å². The summed E-state index contributed by atoms with van der Waals surface area (Å²) in [6, 6.07) is 16.2. The van der Waals surface area contributed by atoms with Crippen LogP contribution in [-0.4, -0.2) is 53.0 Å². The van der Waals surface area contributed by atoms with E-state index in [-0.39, 0.29) is 12.0 Å². The standard InChI is InChI=1S/C21H21N3O2S/c25-21(18-13-15-5-1-3-7-17(15)26-18)24-11-9-23(10-12-24)14-20-22-16-6-2-4-8-19(16)27-20/h1-8,18H,9-14H2/t18-/m1/s1. The van der Waals surface area contributed by atoms with Gasteiger partial charge in [0.05, 0.1) is 16.8 Å². The van der Waals surface area contributed by atoms with Crippen molar-refractivity contribution in [2.75, 3.05) is 26.2 Å². The van der Waals surface area contributed by atoms with Crippen LogP contribution < -0.4 is 4.74 Å². The number of carbonyl (C=O) groups excluding carboxylic acids is 1. The fourth-order valence-electron chi connectivity index (χ4n) is 3.83. The minimum atomic E-state index is -0.363. The maximum Gasteiger partial charge on any atom is 0.264 e. The Kier molecular flexibility index (Phi) is 4.30. The van der Waals surface area contributed by atoms with E-state index in [4.69, 9.17) is 9.72 Å². The maximum atomic E-state index is 12.8. The fraction of sp³-hybridized carbons (Fsp3) is 0.333. The van der Waals surface area contributed by atoms with Gasteiger partial charge in [-0.3, -0.25) is 9.69 Å². The number of carbonyl (C=O) groups is 1. The molecular weight excluding hydrogens is 358 g/mol. The summed E-state index contributed by atoms with van der Waals surface area (Å²) < 4.78 is 7.10. The molecule has 1 fully saturated rings. The molecule has 0 aliphatic carbocycles. The molecule has 2 aliphatic heterocycles. The number of nitrogens with zero attached hydrogens (tertiary/aromatic N) is 3. The molecule has 5 rings (SSSR count). The van der Waals surface area contributed by atoms with Gasteiger partial charge >= 0.3 is 0 Å². The average Bonchev–Trinajstić information content (AvgIpc) is 3.31. The molecule has 0 bridgehead atoms. The van der Waals surface area contributed by atoms with Crippen LogP contribution in [0.25, 0.3) is 10.2 Å². The Morgan fingerprint density at radius 1 is 1.07 bits per heavy atom. The lowest BCUT2D eigenvalue weighted by Gasteiger charge is -2.35. The molecule has 0 unspecified atom stereocenters. The predicted octanol–water partition coefficient (Wildman–Crippen LogP) is 2.94. The molecule has 138 valence electrons. The lowest BCUT2D eigenvalue weighted by atomic mass is 10.1. The molecule has 1 amide bonds. The van der Waals surface area contributed by atoms with E-state index >= 15 is 0 Å². The molecule has 0 N–H and O–H groups in total. The van der Waals surface area contributed by atoms with Gasteiger partial charge in [-0.25, -0.2) is 4.98 Å². The number of aromatic nitrogens is 1. The van der Waals surface area contributed by atoms with Crippen molar-refractivity contribution in [2.24, 2.45) is 0 Å². The maximum absolute atomic E-state index is 12.8. The van der Waals surface area contributed by atoms with Crippen molar-refractivity contribution in [1.82, 2.24) is 14.8 Å². The Balaban J connectivity index is 1.17. The zero-order valence-corrected chi connectivity index (χ0v) is 15.8. The number of benzene rings is 2. The number of ether oxygens (including phenoxy) is 1. The summed E-state index contributed by atoms with van der Waals surface area (Å²) in [4.78, 5) is 21.9. The zero-order chi connectivity index (χ0) is 18.2. The molecular formula is C21H21N3O2S. The average molecular weight is 379 g/mol. The van der Waals surface area contributed by atoms with Crippen LogP contribution in [0.15, 0.2) is 48.5 Å². The molecule has 2 aliphatic rings. The summed E-state index contributed by atoms with van der Waals surface area (Å²) in [5, 5.41) is 1.14. The first-order valence-electron chi connectivity index (χ1n) is 9.36. The highest BCUT2D eigenvalue weighted by Crippen LogP contribution is 2.29. The number of piperazine rings is 1. The van der Waals surface area contributed by atoms with Gasteiger partial charge in [0.1, 0.15) is 10.8 Å². The minimum Gasteiger partial charge on any atom is -0.480 e. The number of fused-ring (bicyclic) bond motifs is 2. The number of hydrogen-bond donors (Lipinski definition) is 0. The van der Waals surface area contributed by atoms with E-state index in [1.807, 2.05) is 35.2 Å². The molecule has 3 aromatic rings. The highest BCUT2D eigenvalue weighted by molar-refractivity contribution is 7.18. The summed E-state index contributed by atoms with van der Waals surface area (Å²) in [5.41, 5.74) is 2.20.